The first kappa shape index (κ1) is 12.8. The van der Waals surface area contributed by atoms with Crippen molar-refractivity contribution in [2.75, 3.05) is 0 Å². The minimum atomic E-state index is -0.846. The monoisotopic (exact) mass is 255 g/mol. The third kappa shape index (κ3) is 3.67. The van der Waals surface area contributed by atoms with Crippen molar-refractivity contribution in [1.82, 2.24) is 4.57 Å². The molecule has 0 saturated carbocycles. The van der Waals surface area contributed by atoms with Crippen molar-refractivity contribution in [3.63, 3.8) is 0 Å². The number of rotatable bonds is 4. The maximum atomic E-state index is 11.0. The molecule has 2 aromatic rings. The van der Waals surface area contributed by atoms with Gasteiger partial charge in [-0.25, -0.2) is 0 Å². The number of carboxylic acid groups (broad SMARTS) is 1. The summed E-state index contributed by atoms with van der Waals surface area (Å²) in [7, 11) is 0. The van der Waals surface area contributed by atoms with Gasteiger partial charge in [-0.15, -0.1) is 0 Å². The minimum absolute atomic E-state index is 0.0153. The first-order valence-electron chi connectivity index (χ1n) is 5.82. The Bertz CT molecular complexity index is 633. The Labute approximate surface area is 110 Å². The zero-order valence-corrected chi connectivity index (χ0v) is 10.2. The zero-order valence-electron chi connectivity index (χ0n) is 10.2. The van der Waals surface area contributed by atoms with Crippen molar-refractivity contribution in [3.8, 4) is 5.69 Å². The fourth-order valence-electron chi connectivity index (χ4n) is 1.64. The van der Waals surface area contributed by atoms with Crippen LogP contribution in [0, 0.1) is 0 Å². The SMILES string of the molecule is O=C(O)CC=Cc1ccc(-n2ccc(=O)cc2)cc1. The van der Waals surface area contributed by atoms with Gasteiger partial charge < -0.3 is 9.67 Å². The van der Waals surface area contributed by atoms with Crippen molar-refractivity contribution >= 4 is 12.0 Å². The van der Waals surface area contributed by atoms with E-state index in [0.29, 0.717) is 0 Å². The van der Waals surface area contributed by atoms with Gasteiger partial charge in [0.25, 0.3) is 0 Å². The largest absolute Gasteiger partial charge is 0.481 e. The van der Waals surface area contributed by atoms with Crippen molar-refractivity contribution in [2.24, 2.45) is 0 Å². The number of nitrogens with zero attached hydrogens (tertiary/aromatic N) is 1. The van der Waals surface area contributed by atoms with E-state index in [1.165, 1.54) is 12.1 Å². The average molecular weight is 255 g/mol. The van der Waals surface area contributed by atoms with Crippen LogP contribution in [-0.2, 0) is 4.79 Å². The molecule has 0 unspecified atom stereocenters. The van der Waals surface area contributed by atoms with Crippen LogP contribution in [0.15, 0.2) is 59.7 Å². The highest BCUT2D eigenvalue weighted by Crippen LogP contribution is 2.10. The molecule has 19 heavy (non-hydrogen) atoms. The second-order valence-corrected chi connectivity index (χ2v) is 4.03. The van der Waals surface area contributed by atoms with Crippen LogP contribution in [0.1, 0.15) is 12.0 Å². The summed E-state index contributed by atoms with van der Waals surface area (Å²) in [6.07, 6.45) is 6.80. The molecule has 0 bridgehead atoms. The Morgan fingerprint density at radius 3 is 2.32 bits per heavy atom. The van der Waals surface area contributed by atoms with Gasteiger partial charge in [-0.3, -0.25) is 9.59 Å². The molecule has 1 heterocycles. The highest BCUT2D eigenvalue weighted by Gasteiger charge is 1.95. The molecule has 0 aliphatic rings. The number of hydrogen-bond acceptors (Lipinski definition) is 2. The van der Waals surface area contributed by atoms with E-state index in [1.54, 1.807) is 24.5 Å². The number of benzene rings is 1. The van der Waals surface area contributed by atoms with Crippen molar-refractivity contribution in [1.29, 1.82) is 0 Å². The lowest BCUT2D eigenvalue weighted by Crippen LogP contribution is -2.01. The van der Waals surface area contributed by atoms with Crippen molar-refractivity contribution in [3.05, 3.63) is 70.7 Å². The summed E-state index contributed by atoms with van der Waals surface area (Å²) in [5.74, 6) is -0.846. The summed E-state index contributed by atoms with van der Waals surface area (Å²) < 4.78 is 1.84. The quantitative estimate of drug-likeness (QED) is 0.912. The molecule has 0 radical (unpaired) electrons. The van der Waals surface area contributed by atoms with Gasteiger partial charge >= 0.3 is 5.97 Å². The first-order chi connectivity index (χ1) is 9.15. The van der Waals surface area contributed by atoms with Gasteiger partial charge in [0.1, 0.15) is 0 Å². The maximum absolute atomic E-state index is 11.0. The lowest BCUT2D eigenvalue weighted by atomic mass is 10.2. The fourth-order valence-corrected chi connectivity index (χ4v) is 1.64. The molecule has 0 aliphatic carbocycles. The maximum Gasteiger partial charge on any atom is 0.307 e. The topological polar surface area (TPSA) is 59.3 Å². The normalized spacial score (nSPS) is 10.7. The van der Waals surface area contributed by atoms with Gasteiger partial charge in [-0.1, -0.05) is 24.3 Å². The van der Waals surface area contributed by atoms with Crippen LogP contribution in [0.3, 0.4) is 0 Å². The molecule has 1 N–H and O–H groups in total. The average Bonchev–Trinajstić information content (AvgIpc) is 2.40. The Balaban J connectivity index is 2.14. The number of carboxylic acids is 1. The minimum Gasteiger partial charge on any atom is -0.481 e. The molecule has 0 spiro atoms. The molecule has 0 amide bonds. The van der Waals surface area contributed by atoms with Crippen LogP contribution >= 0.6 is 0 Å². The van der Waals surface area contributed by atoms with Gasteiger partial charge in [-0.2, -0.15) is 0 Å². The molecule has 2 rings (SSSR count). The zero-order chi connectivity index (χ0) is 13.7. The van der Waals surface area contributed by atoms with Crippen LogP contribution < -0.4 is 5.43 Å². The van der Waals surface area contributed by atoms with Gasteiger partial charge in [0.15, 0.2) is 5.43 Å². The van der Waals surface area contributed by atoms with Gasteiger partial charge in [0.05, 0.1) is 6.42 Å². The van der Waals surface area contributed by atoms with Gasteiger partial charge in [0, 0.05) is 30.2 Å². The molecular formula is C15H13NO3. The predicted octanol–water partition coefficient (Wildman–Crippen LogP) is 2.33. The number of pyridine rings is 1. The Hall–Kier alpha value is -2.62. The van der Waals surface area contributed by atoms with Crippen LogP contribution in [0.25, 0.3) is 11.8 Å². The molecule has 4 heteroatoms. The lowest BCUT2D eigenvalue weighted by molar-refractivity contribution is -0.135. The number of aliphatic carboxylic acids is 1. The summed E-state index contributed by atoms with van der Waals surface area (Å²) in [6, 6.07) is 10.6. The lowest BCUT2D eigenvalue weighted by Gasteiger charge is -2.05. The molecule has 0 saturated heterocycles. The van der Waals surface area contributed by atoms with E-state index in [1.807, 2.05) is 28.8 Å². The Morgan fingerprint density at radius 1 is 1.11 bits per heavy atom. The second-order valence-electron chi connectivity index (χ2n) is 4.03. The smallest absolute Gasteiger partial charge is 0.307 e. The highest BCUT2D eigenvalue weighted by molar-refractivity contribution is 5.70. The van der Waals surface area contributed by atoms with Crippen LogP contribution in [0.2, 0.25) is 0 Å². The molecule has 1 aromatic carbocycles. The van der Waals surface area contributed by atoms with E-state index in [9.17, 15) is 9.59 Å². The van der Waals surface area contributed by atoms with Crippen molar-refractivity contribution < 1.29 is 9.90 Å². The van der Waals surface area contributed by atoms with Crippen molar-refractivity contribution in [2.45, 2.75) is 6.42 Å². The molecule has 0 atom stereocenters. The molecule has 4 nitrogen and oxygen atoms in total. The molecule has 0 fully saturated rings. The summed E-state index contributed by atoms with van der Waals surface area (Å²) >= 11 is 0. The predicted molar refractivity (Wildman–Crippen MR) is 73.3 cm³/mol. The summed E-state index contributed by atoms with van der Waals surface area (Å²) in [6.45, 7) is 0. The van der Waals surface area contributed by atoms with E-state index in [-0.39, 0.29) is 11.8 Å². The summed E-state index contributed by atoms with van der Waals surface area (Å²) in [5.41, 5.74) is 1.85. The van der Waals surface area contributed by atoms with Crippen LogP contribution in [0.5, 0.6) is 0 Å². The highest BCUT2D eigenvalue weighted by atomic mass is 16.4. The van der Waals surface area contributed by atoms with E-state index in [4.69, 9.17) is 5.11 Å². The van der Waals surface area contributed by atoms with E-state index < -0.39 is 5.97 Å². The third-order valence-electron chi connectivity index (χ3n) is 2.59. The molecule has 1 aromatic heterocycles. The van der Waals surface area contributed by atoms with E-state index in [2.05, 4.69) is 0 Å². The van der Waals surface area contributed by atoms with Gasteiger partial charge in [-0.05, 0) is 17.7 Å². The van der Waals surface area contributed by atoms with Gasteiger partial charge in [0.2, 0.25) is 0 Å². The number of hydrogen-bond donors (Lipinski definition) is 1. The van der Waals surface area contributed by atoms with Crippen LogP contribution in [-0.4, -0.2) is 15.6 Å². The third-order valence-corrected chi connectivity index (χ3v) is 2.59. The number of carbonyl (C=O) groups is 1. The first-order valence-corrected chi connectivity index (χ1v) is 5.82. The van der Waals surface area contributed by atoms with E-state index in [0.717, 1.165) is 11.3 Å². The number of aromatic nitrogens is 1. The summed E-state index contributed by atoms with van der Waals surface area (Å²) in [4.78, 5) is 21.4. The Morgan fingerprint density at radius 2 is 1.74 bits per heavy atom. The van der Waals surface area contributed by atoms with E-state index >= 15 is 0 Å². The molecule has 0 aliphatic heterocycles. The molecular weight excluding hydrogens is 242 g/mol. The fraction of sp³-hybridized carbons (Fsp3) is 0.0667. The standard InChI is InChI=1S/C15H13NO3/c17-14-8-10-16(11-9-14)13-6-4-12(5-7-13)2-1-3-15(18)19/h1-2,4-11H,3H2,(H,18,19). The Kier molecular flexibility index (Phi) is 3.93. The van der Waals surface area contributed by atoms with Crippen LogP contribution in [0.4, 0.5) is 0 Å². The molecule has 96 valence electrons. The summed E-state index contributed by atoms with van der Waals surface area (Å²) in [5, 5.41) is 8.53. The second kappa shape index (κ2) is 5.82.